The minimum atomic E-state index is -0.658. The number of hydrogen-bond acceptors (Lipinski definition) is 2. The van der Waals surface area contributed by atoms with Crippen LogP contribution >= 0.6 is 11.8 Å². The van der Waals surface area contributed by atoms with Gasteiger partial charge in [-0.1, -0.05) is 31.0 Å². The van der Waals surface area contributed by atoms with Crippen LogP contribution in [0.3, 0.4) is 0 Å². The fraction of sp³-hybridized carbons (Fsp3) is 0.417. The third kappa shape index (κ3) is 2.17. The van der Waals surface area contributed by atoms with Crippen molar-refractivity contribution in [3.05, 3.63) is 30.3 Å². The molecular weight excluding hydrogens is 208 g/mol. The fourth-order valence-electron chi connectivity index (χ4n) is 2.02. The molecule has 1 fully saturated rings. The molecule has 0 aromatic heterocycles. The van der Waals surface area contributed by atoms with Crippen LogP contribution in [0.1, 0.15) is 25.7 Å². The monoisotopic (exact) mass is 222 g/mol. The third-order valence-corrected chi connectivity index (χ3v) is 4.34. The van der Waals surface area contributed by atoms with Gasteiger partial charge in [0.15, 0.2) is 0 Å². The van der Waals surface area contributed by atoms with Crippen molar-refractivity contribution in [1.82, 2.24) is 0 Å². The van der Waals surface area contributed by atoms with Gasteiger partial charge < -0.3 is 5.11 Å². The molecule has 1 aromatic rings. The Kier molecular flexibility index (Phi) is 3.00. The van der Waals surface area contributed by atoms with E-state index in [-0.39, 0.29) is 0 Å². The van der Waals surface area contributed by atoms with Crippen molar-refractivity contribution in [2.45, 2.75) is 35.3 Å². The van der Waals surface area contributed by atoms with Crippen LogP contribution in [-0.4, -0.2) is 15.8 Å². The van der Waals surface area contributed by atoms with E-state index in [9.17, 15) is 9.90 Å². The van der Waals surface area contributed by atoms with Crippen LogP contribution < -0.4 is 0 Å². The molecule has 15 heavy (non-hydrogen) atoms. The lowest BCUT2D eigenvalue weighted by atomic mass is 10.1. The quantitative estimate of drug-likeness (QED) is 0.853. The zero-order chi connectivity index (χ0) is 10.7. The summed E-state index contributed by atoms with van der Waals surface area (Å²) in [6.07, 6.45) is 3.65. The zero-order valence-corrected chi connectivity index (χ0v) is 9.30. The Morgan fingerprint density at radius 2 is 1.80 bits per heavy atom. The molecule has 3 heteroatoms. The van der Waals surface area contributed by atoms with E-state index >= 15 is 0 Å². The van der Waals surface area contributed by atoms with Crippen molar-refractivity contribution >= 4 is 17.7 Å². The molecule has 0 amide bonds. The highest BCUT2D eigenvalue weighted by Gasteiger charge is 2.42. The van der Waals surface area contributed by atoms with Crippen molar-refractivity contribution in [1.29, 1.82) is 0 Å². The number of benzene rings is 1. The Hall–Kier alpha value is -0.960. The van der Waals surface area contributed by atoms with Crippen LogP contribution in [0.4, 0.5) is 0 Å². The normalized spacial score (nSPS) is 18.9. The van der Waals surface area contributed by atoms with Gasteiger partial charge in [-0.05, 0) is 25.0 Å². The third-order valence-electron chi connectivity index (χ3n) is 2.86. The molecule has 1 aromatic carbocycles. The van der Waals surface area contributed by atoms with Gasteiger partial charge in [-0.15, -0.1) is 11.8 Å². The lowest BCUT2D eigenvalue weighted by Gasteiger charge is -2.22. The highest BCUT2D eigenvalue weighted by molar-refractivity contribution is 8.01. The average molecular weight is 222 g/mol. The number of carbonyl (C=O) groups is 1. The topological polar surface area (TPSA) is 37.3 Å². The van der Waals surface area contributed by atoms with Crippen molar-refractivity contribution in [2.75, 3.05) is 0 Å². The molecule has 1 N–H and O–H groups in total. The average Bonchev–Trinajstić information content (AvgIpc) is 2.69. The molecule has 0 unspecified atom stereocenters. The van der Waals surface area contributed by atoms with Gasteiger partial charge in [-0.25, -0.2) is 0 Å². The van der Waals surface area contributed by atoms with Gasteiger partial charge in [-0.2, -0.15) is 0 Å². The molecule has 0 bridgehead atoms. The summed E-state index contributed by atoms with van der Waals surface area (Å²) in [4.78, 5) is 12.4. The fourth-order valence-corrected chi connectivity index (χ4v) is 3.34. The number of carboxylic acid groups (broad SMARTS) is 1. The summed E-state index contributed by atoms with van der Waals surface area (Å²) in [7, 11) is 0. The van der Waals surface area contributed by atoms with Crippen LogP contribution in [0.25, 0.3) is 0 Å². The van der Waals surface area contributed by atoms with E-state index in [1.807, 2.05) is 30.3 Å². The highest BCUT2D eigenvalue weighted by Crippen LogP contribution is 2.45. The van der Waals surface area contributed by atoms with Crippen LogP contribution in [-0.2, 0) is 4.79 Å². The van der Waals surface area contributed by atoms with Crippen molar-refractivity contribution in [2.24, 2.45) is 0 Å². The molecular formula is C12H14O2S. The van der Waals surface area contributed by atoms with Crippen molar-refractivity contribution < 1.29 is 9.90 Å². The Morgan fingerprint density at radius 1 is 1.20 bits per heavy atom. The van der Waals surface area contributed by atoms with Crippen molar-refractivity contribution in [3.63, 3.8) is 0 Å². The summed E-state index contributed by atoms with van der Waals surface area (Å²) in [5.41, 5.74) is 0. The molecule has 80 valence electrons. The molecule has 1 aliphatic carbocycles. The first kappa shape index (κ1) is 10.6. The molecule has 0 spiro atoms. The van der Waals surface area contributed by atoms with Gasteiger partial charge in [0.05, 0.1) is 0 Å². The molecule has 1 aliphatic rings. The molecule has 0 heterocycles. The van der Waals surface area contributed by atoms with Crippen LogP contribution in [0.5, 0.6) is 0 Å². The summed E-state index contributed by atoms with van der Waals surface area (Å²) < 4.78 is -0.568. The maximum Gasteiger partial charge on any atom is 0.320 e. The minimum absolute atomic E-state index is 0.568. The van der Waals surface area contributed by atoms with Crippen molar-refractivity contribution in [3.8, 4) is 0 Å². The first-order chi connectivity index (χ1) is 7.23. The molecule has 0 saturated heterocycles. The summed E-state index contributed by atoms with van der Waals surface area (Å²) in [5, 5.41) is 9.30. The Morgan fingerprint density at radius 3 is 2.33 bits per heavy atom. The Bertz CT molecular complexity index is 342. The number of hydrogen-bond donors (Lipinski definition) is 1. The maximum absolute atomic E-state index is 11.3. The number of carboxylic acids is 1. The summed E-state index contributed by atoms with van der Waals surface area (Å²) in [6, 6.07) is 9.81. The standard InChI is InChI=1S/C12H14O2S/c13-11(14)12(8-4-5-9-12)15-10-6-2-1-3-7-10/h1-3,6-7H,4-5,8-9H2,(H,13,14). The maximum atomic E-state index is 11.3. The van der Waals surface area contributed by atoms with E-state index in [0.717, 1.165) is 30.6 Å². The second-order valence-corrected chi connectivity index (χ2v) is 5.38. The van der Waals surface area contributed by atoms with E-state index in [4.69, 9.17) is 0 Å². The molecule has 0 atom stereocenters. The summed E-state index contributed by atoms with van der Waals surface area (Å²) in [6.45, 7) is 0. The molecule has 2 rings (SSSR count). The zero-order valence-electron chi connectivity index (χ0n) is 8.48. The van der Waals surface area contributed by atoms with Crippen LogP contribution in [0.2, 0.25) is 0 Å². The van der Waals surface area contributed by atoms with Gasteiger partial charge >= 0.3 is 5.97 Å². The Labute approximate surface area is 93.7 Å². The second-order valence-electron chi connectivity index (χ2n) is 3.92. The molecule has 0 aliphatic heterocycles. The largest absolute Gasteiger partial charge is 0.480 e. The minimum Gasteiger partial charge on any atom is -0.480 e. The van der Waals surface area contributed by atoms with E-state index in [1.165, 1.54) is 11.8 Å². The number of thioether (sulfide) groups is 1. The van der Waals surface area contributed by atoms with Gasteiger partial charge in [0.2, 0.25) is 0 Å². The second kappa shape index (κ2) is 4.27. The summed E-state index contributed by atoms with van der Waals surface area (Å²) in [5.74, 6) is -0.658. The SMILES string of the molecule is O=C(O)C1(Sc2ccccc2)CCCC1. The van der Waals surface area contributed by atoms with Crippen LogP contribution in [0, 0.1) is 0 Å². The highest BCUT2D eigenvalue weighted by atomic mass is 32.2. The van der Waals surface area contributed by atoms with E-state index in [0.29, 0.717) is 0 Å². The Balaban J connectivity index is 2.18. The lowest BCUT2D eigenvalue weighted by molar-refractivity contribution is -0.139. The van der Waals surface area contributed by atoms with E-state index in [1.54, 1.807) is 0 Å². The van der Waals surface area contributed by atoms with Gasteiger partial charge in [0.1, 0.15) is 4.75 Å². The first-order valence-electron chi connectivity index (χ1n) is 5.20. The molecule has 1 saturated carbocycles. The summed E-state index contributed by atoms with van der Waals surface area (Å²) >= 11 is 1.51. The molecule has 0 radical (unpaired) electrons. The smallest absolute Gasteiger partial charge is 0.320 e. The van der Waals surface area contributed by atoms with E-state index in [2.05, 4.69) is 0 Å². The van der Waals surface area contributed by atoms with Gasteiger partial charge in [-0.3, -0.25) is 4.79 Å². The van der Waals surface area contributed by atoms with E-state index < -0.39 is 10.7 Å². The number of aliphatic carboxylic acids is 1. The van der Waals surface area contributed by atoms with Gasteiger partial charge in [0, 0.05) is 4.90 Å². The predicted octanol–water partition coefficient (Wildman–Crippen LogP) is 3.18. The number of rotatable bonds is 3. The lowest BCUT2D eigenvalue weighted by Crippen LogP contribution is -2.31. The predicted molar refractivity (Wildman–Crippen MR) is 61.1 cm³/mol. The molecule has 2 nitrogen and oxygen atoms in total. The first-order valence-corrected chi connectivity index (χ1v) is 6.02. The van der Waals surface area contributed by atoms with Crippen LogP contribution in [0.15, 0.2) is 35.2 Å². The van der Waals surface area contributed by atoms with Gasteiger partial charge in [0.25, 0.3) is 0 Å².